The first kappa shape index (κ1) is 16.9. The highest BCUT2D eigenvalue weighted by atomic mass is 19.1. The molecule has 26 heavy (non-hydrogen) atoms. The summed E-state index contributed by atoms with van der Waals surface area (Å²) in [6.07, 6.45) is 4.64. The largest absolute Gasteiger partial charge is 0.375 e. The molecular weight excluding hydrogens is 333 g/mol. The van der Waals surface area contributed by atoms with E-state index in [1.165, 1.54) is 11.9 Å². The lowest BCUT2D eigenvalue weighted by atomic mass is 9.91. The van der Waals surface area contributed by atoms with Gasteiger partial charge in [0, 0.05) is 12.5 Å². The lowest BCUT2D eigenvalue weighted by Gasteiger charge is -2.32. The molecule has 2 heterocycles. The molecule has 1 aromatic carbocycles. The van der Waals surface area contributed by atoms with Gasteiger partial charge in [0.2, 0.25) is 0 Å². The predicted molar refractivity (Wildman–Crippen MR) is 97.7 cm³/mol. The van der Waals surface area contributed by atoms with Crippen molar-refractivity contribution in [2.24, 2.45) is 0 Å². The number of ether oxygens (including phenoxy) is 1. The van der Waals surface area contributed by atoms with Gasteiger partial charge in [0.05, 0.1) is 24.3 Å². The van der Waals surface area contributed by atoms with Gasteiger partial charge in [-0.15, -0.1) is 0 Å². The maximum Gasteiger partial charge on any atom is 0.160 e. The fraction of sp³-hybridized carbons (Fsp3) is 0.421. The molecule has 3 aromatic rings. The number of nitrogens with one attached hydrogen (secondary N) is 2. The maximum absolute atomic E-state index is 14.6. The summed E-state index contributed by atoms with van der Waals surface area (Å²) in [6.45, 7) is 0.550. The van der Waals surface area contributed by atoms with E-state index in [1.54, 1.807) is 6.20 Å². The van der Waals surface area contributed by atoms with Crippen LogP contribution in [0.1, 0.15) is 24.8 Å². The molecule has 1 aliphatic rings. The highest BCUT2D eigenvalue weighted by molar-refractivity contribution is 5.85. The fourth-order valence-electron chi connectivity index (χ4n) is 3.45. The van der Waals surface area contributed by atoms with E-state index >= 15 is 0 Å². The summed E-state index contributed by atoms with van der Waals surface area (Å²) in [7, 11) is 0. The number of fused-ring (bicyclic) bond motifs is 1. The molecule has 1 saturated carbocycles. The number of hydrogen-bond donors (Lipinski definition) is 2. The van der Waals surface area contributed by atoms with Crippen LogP contribution in [0.3, 0.4) is 0 Å². The molecule has 1 aliphatic carbocycles. The Morgan fingerprint density at radius 1 is 1.19 bits per heavy atom. The lowest BCUT2D eigenvalue weighted by molar-refractivity contribution is -0.0252. The molecule has 2 N–H and O–H groups in total. The third-order valence-corrected chi connectivity index (χ3v) is 4.87. The summed E-state index contributed by atoms with van der Waals surface area (Å²) in [5, 5.41) is 11.0. The monoisotopic (exact) mass is 355 g/mol. The Balaban J connectivity index is 1.29. The molecular formula is C19H22FN5O. The van der Waals surface area contributed by atoms with Crippen molar-refractivity contribution in [3.05, 3.63) is 48.4 Å². The zero-order chi connectivity index (χ0) is 17.8. The van der Waals surface area contributed by atoms with Crippen LogP contribution in [-0.2, 0) is 11.2 Å². The smallest absolute Gasteiger partial charge is 0.160 e. The van der Waals surface area contributed by atoms with Gasteiger partial charge in [-0.05, 0) is 24.8 Å². The number of hydrogen-bond acceptors (Lipinski definition) is 5. The third kappa shape index (κ3) is 3.83. The number of halogens is 1. The van der Waals surface area contributed by atoms with Gasteiger partial charge in [0.1, 0.15) is 18.3 Å². The van der Waals surface area contributed by atoms with E-state index in [0.717, 1.165) is 18.2 Å². The van der Waals surface area contributed by atoms with Crippen molar-refractivity contribution in [3.63, 3.8) is 0 Å². The van der Waals surface area contributed by atoms with Crippen molar-refractivity contribution in [2.75, 3.05) is 11.9 Å². The zero-order valence-electron chi connectivity index (χ0n) is 14.4. The highest BCUT2D eigenvalue weighted by Crippen LogP contribution is 2.28. The van der Waals surface area contributed by atoms with E-state index in [1.807, 2.05) is 18.2 Å². The first-order valence-electron chi connectivity index (χ1n) is 9.00. The molecule has 0 aliphatic heterocycles. The van der Waals surface area contributed by atoms with Crippen LogP contribution < -0.4 is 5.32 Å². The molecule has 6 nitrogen and oxygen atoms in total. The Morgan fingerprint density at radius 3 is 2.92 bits per heavy atom. The number of nitrogens with zero attached hydrogens (tertiary/aromatic N) is 3. The minimum Gasteiger partial charge on any atom is -0.375 e. The molecule has 0 radical (unpaired) electrons. The summed E-state index contributed by atoms with van der Waals surface area (Å²) in [5.41, 5.74) is 1.89. The number of H-pyrrole nitrogens is 1. The van der Waals surface area contributed by atoms with Crippen LogP contribution >= 0.6 is 0 Å². The molecule has 0 saturated heterocycles. The van der Waals surface area contributed by atoms with Gasteiger partial charge in [0.25, 0.3) is 0 Å². The van der Waals surface area contributed by atoms with Gasteiger partial charge in [0.15, 0.2) is 5.65 Å². The number of aromatic amines is 1. The van der Waals surface area contributed by atoms with Crippen molar-refractivity contribution in [3.8, 4) is 0 Å². The fourth-order valence-corrected chi connectivity index (χ4v) is 3.45. The van der Waals surface area contributed by atoms with Crippen molar-refractivity contribution < 1.29 is 9.13 Å². The van der Waals surface area contributed by atoms with Crippen molar-refractivity contribution in [2.45, 2.75) is 44.0 Å². The Bertz CT molecular complexity index is 840. The molecule has 1 fully saturated rings. The number of aromatic nitrogens is 4. The summed E-state index contributed by atoms with van der Waals surface area (Å²) >= 11 is 0. The van der Waals surface area contributed by atoms with Gasteiger partial charge < -0.3 is 10.1 Å². The maximum atomic E-state index is 14.6. The molecule has 0 amide bonds. The molecule has 2 aromatic heterocycles. The Labute approximate surface area is 151 Å². The first-order valence-corrected chi connectivity index (χ1v) is 9.00. The van der Waals surface area contributed by atoms with E-state index < -0.39 is 6.17 Å². The second-order valence-electron chi connectivity index (χ2n) is 6.67. The van der Waals surface area contributed by atoms with Gasteiger partial charge >= 0.3 is 0 Å². The molecule has 3 atom stereocenters. The van der Waals surface area contributed by atoms with Crippen LogP contribution in [0.25, 0.3) is 11.0 Å². The third-order valence-electron chi connectivity index (χ3n) is 4.87. The van der Waals surface area contributed by atoms with Crippen LogP contribution in [0.4, 0.5) is 10.2 Å². The molecule has 0 spiro atoms. The van der Waals surface area contributed by atoms with E-state index in [-0.39, 0.29) is 12.1 Å². The second-order valence-corrected chi connectivity index (χ2v) is 6.67. The van der Waals surface area contributed by atoms with Gasteiger partial charge in [-0.1, -0.05) is 30.3 Å². The summed E-state index contributed by atoms with van der Waals surface area (Å²) < 4.78 is 20.4. The summed E-state index contributed by atoms with van der Waals surface area (Å²) in [5.74, 6) is 0.699. The first-order chi connectivity index (χ1) is 12.8. The minimum atomic E-state index is -0.973. The summed E-state index contributed by atoms with van der Waals surface area (Å²) in [6, 6.07) is 10.2. The lowest BCUT2D eigenvalue weighted by Crippen LogP contribution is -2.39. The van der Waals surface area contributed by atoms with Crippen molar-refractivity contribution >= 4 is 16.9 Å². The minimum absolute atomic E-state index is 0.0342. The average Bonchev–Trinajstić information content (AvgIpc) is 3.14. The van der Waals surface area contributed by atoms with Gasteiger partial charge in [-0.2, -0.15) is 5.10 Å². The van der Waals surface area contributed by atoms with Gasteiger partial charge in [-0.3, -0.25) is 5.10 Å². The molecule has 7 heteroatoms. The molecule has 0 bridgehead atoms. The quantitative estimate of drug-likeness (QED) is 0.710. The zero-order valence-corrected chi connectivity index (χ0v) is 14.4. The number of alkyl halides is 1. The molecule has 136 valence electrons. The van der Waals surface area contributed by atoms with E-state index in [4.69, 9.17) is 4.74 Å². The standard InChI is InChI=1S/C19H22FN5O/c20-16-10-14(24-18-15-11-23-25-19(15)22-12-21-18)6-7-17(16)26-9-8-13-4-2-1-3-5-13/h1-5,11-12,14,16-17H,6-10H2,(H2,21,22,23,24,25)/t14-,16-,17-/m0/s1. The number of rotatable bonds is 6. The van der Waals surface area contributed by atoms with Crippen LogP contribution in [-0.4, -0.2) is 45.1 Å². The van der Waals surface area contributed by atoms with E-state index in [2.05, 4.69) is 37.6 Å². The van der Waals surface area contributed by atoms with Crippen molar-refractivity contribution in [1.82, 2.24) is 20.2 Å². The van der Waals surface area contributed by atoms with Crippen LogP contribution in [0.2, 0.25) is 0 Å². The Morgan fingerprint density at radius 2 is 2.08 bits per heavy atom. The summed E-state index contributed by atoms with van der Waals surface area (Å²) in [4.78, 5) is 8.38. The Kier molecular flexibility index (Phi) is 5.06. The van der Waals surface area contributed by atoms with Crippen molar-refractivity contribution in [1.29, 1.82) is 0 Å². The topological polar surface area (TPSA) is 75.7 Å². The molecule has 0 unspecified atom stereocenters. The Hall–Kier alpha value is -2.54. The molecule has 4 rings (SSSR count). The van der Waals surface area contributed by atoms with Crippen LogP contribution in [0.15, 0.2) is 42.9 Å². The SMILES string of the molecule is F[C@H]1C[C@@H](Nc2ncnc3[nH]ncc23)CC[C@@H]1OCCc1ccccc1. The number of benzene rings is 1. The van der Waals surface area contributed by atoms with Crippen LogP contribution in [0, 0.1) is 0 Å². The predicted octanol–water partition coefficient (Wildman–Crippen LogP) is 3.28. The van der Waals surface area contributed by atoms with E-state index in [0.29, 0.717) is 30.9 Å². The normalized spacial score (nSPS) is 23.2. The van der Waals surface area contributed by atoms with Gasteiger partial charge in [-0.25, -0.2) is 14.4 Å². The second kappa shape index (κ2) is 7.78. The van der Waals surface area contributed by atoms with Crippen LogP contribution in [0.5, 0.6) is 0 Å². The van der Waals surface area contributed by atoms with E-state index in [9.17, 15) is 4.39 Å². The average molecular weight is 355 g/mol. The number of anilines is 1. The highest BCUT2D eigenvalue weighted by Gasteiger charge is 2.31.